The number of nitrogens with two attached hydrogens (primary N) is 1. The minimum Gasteiger partial charge on any atom is -0.393 e. The Kier molecular flexibility index (Phi) is 4.19. The average molecular weight is 195 g/mol. The highest BCUT2D eigenvalue weighted by Crippen LogP contribution is 2.07. The number of hydrogen-bond donors (Lipinski definition) is 3. The van der Waals surface area contributed by atoms with Crippen molar-refractivity contribution in [3.8, 4) is 0 Å². The topological polar surface area (TPSA) is 71.2 Å². The zero-order valence-electron chi connectivity index (χ0n) is 8.40. The van der Waals surface area contributed by atoms with E-state index in [2.05, 4.69) is 10.3 Å². The van der Waals surface area contributed by atoms with Crippen molar-refractivity contribution in [1.82, 2.24) is 4.98 Å². The number of nitrogens with one attached hydrogen (secondary N) is 1. The fourth-order valence-corrected chi connectivity index (χ4v) is 1.10. The van der Waals surface area contributed by atoms with Gasteiger partial charge in [0.25, 0.3) is 0 Å². The van der Waals surface area contributed by atoms with Crippen LogP contribution in [0.15, 0.2) is 18.3 Å². The van der Waals surface area contributed by atoms with Crippen LogP contribution in [0.2, 0.25) is 0 Å². The lowest BCUT2D eigenvalue weighted by Crippen LogP contribution is -2.12. The minimum absolute atomic E-state index is 0.218. The first kappa shape index (κ1) is 10.8. The van der Waals surface area contributed by atoms with Crippen molar-refractivity contribution in [3.05, 3.63) is 18.3 Å². The van der Waals surface area contributed by atoms with E-state index in [4.69, 9.17) is 5.73 Å². The summed E-state index contributed by atoms with van der Waals surface area (Å²) >= 11 is 0. The third-order valence-corrected chi connectivity index (χ3v) is 2.06. The SMILES string of the molecule is CCC(O)CCNc1ccc(N)nc1. The second-order valence-corrected chi connectivity index (χ2v) is 3.25. The van der Waals surface area contributed by atoms with Gasteiger partial charge in [0.15, 0.2) is 0 Å². The third kappa shape index (κ3) is 3.62. The van der Waals surface area contributed by atoms with Crippen LogP contribution in [0.5, 0.6) is 0 Å². The molecule has 1 aromatic rings. The summed E-state index contributed by atoms with van der Waals surface area (Å²) < 4.78 is 0. The van der Waals surface area contributed by atoms with Crippen LogP contribution in [-0.4, -0.2) is 22.7 Å². The smallest absolute Gasteiger partial charge is 0.123 e. The van der Waals surface area contributed by atoms with Gasteiger partial charge in [-0.3, -0.25) is 0 Å². The van der Waals surface area contributed by atoms with E-state index in [0.29, 0.717) is 5.82 Å². The molecule has 4 heteroatoms. The van der Waals surface area contributed by atoms with Crippen LogP contribution >= 0.6 is 0 Å². The third-order valence-electron chi connectivity index (χ3n) is 2.06. The summed E-state index contributed by atoms with van der Waals surface area (Å²) in [5.41, 5.74) is 6.38. The van der Waals surface area contributed by atoms with E-state index in [1.165, 1.54) is 0 Å². The predicted molar refractivity (Wildman–Crippen MR) is 58.1 cm³/mol. The second kappa shape index (κ2) is 5.44. The van der Waals surface area contributed by atoms with Gasteiger partial charge in [-0.05, 0) is 25.0 Å². The Balaban J connectivity index is 2.28. The first-order chi connectivity index (χ1) is 6.72. The maximum Gasteiger partial charge on any atom is 0.123 e. The molecule has 0 fully saturated rings. The molecule has 0 saturated heterocycles. The molecule has 0 aliphatic heterocycles. The molecule has 1 unspecified atom stereocenters. The van der Waals surface area contributed by atoms with E-state index >= 15 is 0 Å². The Bertz CT molecular complexity index is 261. The molecule has 0 aromatic carbocycles. The van der Waals surface area contributed by atoms with Crippen LogP contribution in [-0.2, 0) is 0 Å². The molecular weight excluding hydrogens is 178 g/mol. The first-order valence-electron chi connectivity index (χ1n) is 4.86. The summed E-state index contributed by atoms with van der Waals surface area (Å²) in [6.45, 7) is 2.72. The van der Waals surface area contributed by atoms with Crippen molar-refractivity contribution >= 4 is 11.5 Å². The number of aliphatic hydroxyl groups is 1. The predicted octanol–water partition coefficient (Wildman–Crippen LogP) is 1.24. The molecular formula is C10H17N3O. The van der Waals surface area contributed by atoms with Crippen molar-refractivity contribution in [2.75, 3.05) is 17.6 Å². The quantitative estimate of drug-likeness (QED) is 0.661. The first-order valence-corrected chi connectivity index (χ1v) is 4.86. The van der Waals surface area contributed by atoms with E-state index in [1.807, 2.05) is 13.0 Å². The Hall–Kier alpha value is -1.29. The van der Waals surface area contributed by atoms with Crippen molar-refractivity contribution in [3.63, 3.8) is 0 Å². The molecule has 0 bridgehead atoms. The number of pyridine rings is 1. The normalized spacial score (nSPS) is 12.4. The van der Waals surface area contributed by atoms with Crippen molar-refractivity contribution in [1.29, 1.82) is 0 Å². The largest absolute Gasteiger partial charge is 0.393 e. The van der Waals surface area contributed by atoms with Crippen LogP contribution in [0.4, 0.5) is 11.5 Å². The van der Waals surface area contributed by atoms with Crippen molar-refractivity contribution in [2.24, 2.45) is 0 Å². The molecule has 4 nitrogen and oxygen atoms in total. The van der Waals surface area contributed by atoms with E-state index in [0.717, 1.165) is 25.1 Å². The van der Waals surface area contributed by atoms with Gasteiger partial charge >= 0.3 is 0 Å². The van der Waals surface area contributed by atoms with Gasteiger partial charge in [-0.2, -0.15) is 0 Å². The summed E-state index contributed by atoms with van der Waals surface area (Å²) in [6, 6.07) is 3.62. The lowest BCUT2D eigenvalue weighted by molar-refractivity contribution is 0.164. The maximum absolute atomic E-state index is 9.30. The molecule has 4 N–H and O–H groups in total. The molecule has 1 atom stereocenters. The van der Waals surface area contributed by atoms with Gasteiger partial charge in [-0.15, -0.1) is 0 Å². The number of nitrogen functional groups attached to an aromatic ring is 1. The zero-order valence-corrected chi connectivity index (χ0v) is 8.40. The fourth-order valence-electron chi connectivity index (χ4n) is 1.10. The number of aliphatic hydroxyl groups excluding tert-OH is 1. The van der Waals surface area contributed by atoms with Gasteiger partial charge in [0, 0.05) is 6.54 Å². The molecule has 0 spiro atoms. The summed E-state index contributed by atoms with van der Waals surface area (Å²) in [4.78, 5) is 3.95. The van der Waals surface area contributed by atoms with Crippen LogP contribution < -0.4 is 11.1 Å². The van der Waals surface area contributed by atoms with E-state index < -0.39 is 0 Å². The van der Waals surface area contributed by atoms with Crippen LogP contribution in [0.1, 0.15) is 19.8 Å². The molecule has 0 radical (unpaired) electrons. The Morgan fingerprint density at radius 3 is 2.93 bits per heavy atom. The second-order valence-electron chi connectivity index (χ2n) is 3.25. The van der Waals surface area contributed by atoms with E-state index in [1.54, 1.807) is 12.3 Å². The Morgan fingerprint density at radius 2 is 2.36 bits per heavy atom. The molecule has 78 valence electrons. The number of hydrogen-bond acceptors (Lipinski definition) is 4. The molecule has 0 aliphatic rings. The highest BCUT2D eigenvalue weighted by atomic mass is 16.3. The Morgan fingerprint density at radius 1 is 1.57 bits per heavy atom. The lowest BCUT2D eigenvalue weighted by atomic mass is 10.2. The van der Waals surface area contributed by atoms with Crippen molar-refractivity contribution in [2.45, 2.75) is 25.9 Å². The summed E-state index contributed by atoms with van der Waals surface area (Å²) in [5, 5.41) is 12.5. The van der Waals surface area contributed by atoms with E-state index in [9.17, 15) is 5.11 Å². The summed E-state index contributed by atoms with van der Waals surface area (Å²) in [6.07, 6.45) is 3.01. The maximum atomic E-state index is 9.30. The van der Waals surface area contributed by atoms with Crippen LogP contribution in [0.25, 0.3) is 0 Å². The average Bonchev–Trinajstić information content (AvgIpc) is 2.21. The highest BCUT2D eigenvalue weighted by molar-refractivity contribution is 5.45. The molecule has 0 amide bonds. The van der Waals surface area contributed by atoms with Crippen LogP contribution in [0, 0.1) is 0 Å². The van der Waals surface area contributed by atoms with Gasteiger partial charge in [0.1, 0.15) is 5.82 Å². The van der Waals surface area contributed by atoms with Gasteiger partial charge < -0.3 is 16.2 Å². The van der Waals surface area contributed by atoms with Crippen molar-refractivity contribution < 1.29 is 5.11 Å². The lowest BCUT2D eigenvalue weighted by Gasteiger charge is -2.09. The van der Waals surface area contributed by atoms with Crippen LogP contribution in [0.3, 0.4) is 0 Å². The summed E-state index contributed by atoms with van der Waals surface area (Å²) in [5.74, 6) is 0.518. The number of aromatic nitrogens is 1. The van der Waals surface area contributed by atoms with Gasteiger partial charge in [0.05, 0.1) is 18.0 Å². The molecule has 1 heterocycles. The molecule has 0 aliphatic carbocycles. The standard InChI is InChI=1S/C10H17N3O/c1-2-9(14)5-6-12-8-3-4-10(11)13-7-8/h3-4,7,9,12,14H,2,5-6H2,1H3,(H2,11,13). The monoisotopic (exact) mass is 195 g/mol. The van der Waals surface area contributed by atoms with E-state index in [-0.39, 0.29) is 6.10 Å². The molecule has 0 saturated carbocycles. The summed E-state index contributed by atoms with van der Waals surface area (Å²) in [7, 11) is 0. The Labute approximate surface area is 84.2 Å². The number of nitrogens with zero attached hydrogens (tertiary/aromatic N) is 1. The molecule has 14 heavy (non-hydrogen) atoms. The fraction of sp³-hybridized carbons (Fsp3) is 0.500. The zero-order chi connectivity index (χ0) is 10.4. The molecule has 1 rings (SSSR count). The van der Waals surface area contributed by atoms with Gasteiger partial charge in [0.2, 0.25) is 0 Å². The molecule has 1 aromatic heterocycles. The minimum atomic E-state index is -0.218. The number of rotatable bonds is 5. The highest BCUT2D eigenvalue weighted by Gasteiger charge is 1.99. The van der Waals surface area contributed by atoms with Gasteiger partial charge in [-0.1, -0.05) is 6.92 Å². The number of anilines is 2. The van der Waals surface area contributed by atoms with Gasteiger partial charge in [-0.25, -0.2) is 4.98 Å².